The second-order valence-electron chi connectivity index (χ2n) is 5.46. The van der Waals surface area contributed by atoms with E-state index in [4.69, 9.17) is 26.4 Å². The Morgan fingerprint density at radius 2 is 2.04 bits per heavy atom. The van der Waals surface area contributed by atoms with Crippen molar-refractivity contribution in [3.63, 3.8) is 0 Å². The van der Waals surface area contributed by atoms with Crippen molar-refractivity contribution in [1.29, 1.82) is 5.41 Å². The summed E-state index contributed by atoms with van der Waals surface area (Å²) in [5.74, 6) is 0.709. The van der Waals surface area contributed by atoms with Crippen LogP contribution in [0.4, 0.5) is 5.69 Å². The topological polar surface area (TPSA) is 168 Å². The predicted octanol–water partition coefficient (Wildman–Crippen LogP) is 1.60. The number of nitro benzene ring substituents is 1. The van der Waals surface area contributed by atoms with Crippen LogP contribution in [0.2, 0.25) is 0 Å². The first-order valence-electron chi connectivity index (χ1n) is 7.70. The van der Waals surface area contributed by atoms with Crippen molar-refractivity contribution in [3.05, 3.63) is 27.9 Å². The molecule has 28 heavy (non-hydrogen) atoms. The number of nitrogens with two attached hydrogens (primary N) is 2. The Balaban J connectivity index is 0.00000280. The highest BCUT2D eigenvalue weighted by molar-refractivity contribution is 7.99. The normalized spacial score (nSPS) is 12.9. The molecule has 2 aromatic rings. The summed E-state index contributed by atoms with van der Waals surface area (Å²) in [5, 5.41) is 19.4. The van der Waals surface area contributed by atoms with E-state index in [0.29, 0.717) is 23.5 Å². The fraction of sp³-hybridized carbons (Fsp3) is 0.267. The van der Waals surface area contributed by atoms with Crippen LogP contribution in [0, 0.1) is 15.5 Å². The number of hydrogen-bond acceptors (Lipinski definition) is 7. The number of nitro groups is 1. The van der Waals surface area contributed by atoms with Gasteiger partial charge in [-0.3, -0.25) is 15.5 Å². The minimum atomic E-state index is -0.555. The Morgan fingerprint density at radius 3 is 2.61 bits per heavy atom. The second-order valence-corrected chi connectivity index (χ2v) is 6.52. The Hall–Kier alpha value is -2.99. The Bertz CT molecular complexity index is 976. The van der Waals surface area contributed by atoms with Gasteiger partial charge < -0.3 is 25.5 Å². The molecule has 0 fully saturated rings. The molecular weight excluding hydrogens is 410 g/mol. The van der Waals surface area contributed by atoms with Crippen molar-refractivity contribution in [2.75, 3.05) is 20.0 Å². The molecule has 5 N–H and O–H groups in total. The average Bonchev–Trinajstić information content (AvgIpc) is 3.20. The quantitative estimate of drug-likeness (QED) is 0.279. The number of aliphatic imine (C=N–C) groups is 1. The highest BCUT2D eigenvalue weighted by Gasteiger charge is 2.29. The number of ether oxygens (including phenoxy) is 2. The Morgan fingerprint density at radius 1 is 1.36 bits per heavy atom. The number of hydrogen-bond donors (Lipinski definition) is 3. The first-order valence-corrected chi connectivity index (χ1v) is 8.68. The zero-order chi connectivity index (χ0) is 19.7. The summed E-state index contributed by atoms with van der Waals surface area (Å²) in [5.41, 5.74) is 12.5. The summed E-state index contributed by atoms with van der Waals surface area (Å²) in [6.07, 6.45) is 0. The average molecular weight is 428 g/mol. The van der Waals surface area contributed by atoms with E-state index in [0.717, 1.165) is 10.9 Å². The molecule has 0 bridgehead atoms. The van der Waals surface area contributed by atoms with Crippen LogP contribution >= 0.6 is 24.2 Å². The summed E-state index contributed by atoms with van der Waals surface area (Å²) in [6, 6.07) is 2.75. The molecule has 0 unspecified atom stereocenters. The largest absolute Gasteiger partial charge is 0.496 e. The fourth-order valence-corrected chi connectivity index (χ4v) is 3.77. The number of halogens is 1. The van der Waals surface area contributed by atoms with E-state index in [1.165, 1.54) is 26.4 Å². The molecule has 2 heterocycles. The van der Waals surface area contributed by atoms with Gasteiger partial charge >= 0.3 is 5.69 Å². The van der Waals surface area contributed by atoms with Gasteiger partial charge in [-0.05, 0) is 0 Å². The number of benzene rings is 1. The fourth-order valence-electron chi connectivity index (χ4n) is 2.82. The molecule has 0 saturated carbocycles. The highest BCUT2D eigenvalue weighted by Crippen LogP contribution is 2.42. The minimum Gasteiger partial charge on any atom is -0.496 e. The van der Waals surface area contributed by atoms with Crippen molar-refractivity contribution in [1.82, 2.24) is 9.55 Å². The lowest BCUT2D eigenvalue weighted by Crippen LogP contribution is -2.23. The molecule has 1 aliphatic heterocycles. The maximum atomic E-state index is 11.3. The molecule has 13 heteroatoms. The van der Waals surface area contributed by atoms with Gasteiger partial charge in [-0.1, -0.05) is 11.8 Å². The smallest absolute Gasteiger partial charge is 0.314 e. The molecule has 0 radical (unpaired) electrons. The van der Waals surface area contributed by atoms with Crippen LogP contribution in [0.3, 0.4) is 0 Å². The molecule has 1 aromatic carbocycles. The molecule has 11 nitrogen and oxygen atoms in total. The maximum absolute atomic E-state index is 11.3. The molecule has 0 aliphatic carbocycles. The molecule has 0 atom stereocenters. The Labute approximate surface area is 170 Å². The highest BCUT2D eigenvalue weighted by atomic mass is 35.5. The van der Waals surface area contributed by atoms with Crippen LogP contribution in [-0.4, -0.2) is 46.2 Å². The standard InChI is InChI=1S/C15H17N7O4S.ClH/c1-25-9-6-8(22(23)24)10(26-2)5-7(9)11-12(13(16)20-14(17)18)21-3-4-27-15(21)19-11;/h5-6H,3-4H2,1-2H3,(H5,16,17,18,20);1H. The van der Waals surface area contributed by atoms with Crippen molar-refractivity contribution in [3.8, 4) is 22.8 Å². The van der Waals surface area contributed by atoms with Crippen molar-refractivity contribution < 1.29 is 14.4 Å². The first-order chi connectivity index (χ1) is 12.9. The van der Waals surface area contributed by atoms with Gasteiger partial charge in [0.2, 0.25) is 5.96 Å². The van der Waals surface area contributed by atoms with E-state index >= 15 is 0 Å². The van der Waals surface area contributed by atoms with Crippen LogP contribution in [0.1, 0.15) is 5.69 Å². The van der Waals surface area contributed by atoms with Gasteiger partial charge in [0.15, 0.2) is 16.7 Å². The lowest BCUT2D eigenvalue weighted by Gasteiger charge is -2.12. The predicted molar refractivity (Wildman–Crippen MR) is 108 cm³/mol. The molecular formula is C15H18ClN7O4S. The molecule has 0 amide bonds. The van der Waals surface area contributed by atoms with Crippen LogP contribution < -0.4 is 20.9 Å². The molecule has 3 rings (SSSR count). The molecule has 0 saturated heterocycles. The number of fused-ring (bicyclic) bond motifs is 1. The van der Waals surface area contributed by atoms with Crippen molar-refractivity contribution in [2.45, 2.75) is 11.7 Å². The third-order valence-corrected chi connectivity index (χ3v) is 4.87. The van der Waals surface area contributed by atoms with Crippen LogP contribution in [0.5, 0.6) is 11.5 Å². The second kappa shape index (κ2) is 8.35. The number of rotatable bonds is 5. The number of methoxy groups -OCH3 is 2. The van der Waals surface area contributed by atoms with Gasteiger partial charge in [0.1, 0.15) is 17.1 Å². The monoisotopic (exact) mass is 427 g/mol. The van der Waals surface area contributed by atoms with Gasteiger partial charge in [-0.15, -0.1) is 12.4 Å². The summed E-state index contributed by atoms with van der Waals surface area (Å²) in [4.78, 5) is 19.2. The Kier molecular flexibility index (Phi) is 6.36. The zero-order valence-electron chi connectivity index (χ0n) is 15.0. The number of nitrogens with zero attached hydrogens (tertiary/aromatic N) is 4. The number of aromatic nitrogens is 2. The summed E-state index contributed by atoms with van der Waals surface area (Å²) in [7, 11) is 2.74. The number of amidine groups is 1. The summed E-state index contributed by atoms with van der Waals surface area (Å²) < 4.78 is 12.4. The lowest BCUT2D eigenvalue weighted by atomic mass is 10.1. The van der Waals surface area contributed by atoms with E-state index in [-0.39, 0.29) is 35.4 Å². The molecule has 150 valence electrons. The minimum absolute atomic E-state index is 0. The maximum Gasteiger partial charge on any atom is 0.314 e. The van der Waals surface area contributed by atoms with E-state index in [2.05, 4.69) is 9.98 Å². The lowest BCUT2D eigenvalue weighted by molar-refractivity contribution is -0.385. The molecule has 1 aliphatic rings. The van der Waals surface area contributed by atoms with Gasteiger partial charge in [0.05, 0.1) is 25.2 Å². The SMILES string of the molecule is COc1cc([N+](=O)[O-])c(OC)cc1-c1nc2n(c1/C(N)=N/C(=N)N)CCS2.Cl. The van der Waals surface area contributed by atoms with E-state index in [9.17, 15) is 10.1 Å². The third kappa shape index (κ3) is 3.68. The first kappa shape index (κ1) is 21.3. The van der Waals surface area contributed by atoms with Gasteiger partial charge in [-0.25, -0.2) is 4.98 Å². The van der Waals surface area contributed by atoms with Crippen molar-refractivity contribution in [2.24, 2.45) is 16.5 Å². The number of guanidine groups is 1. The molecule has 1 aromatic heterocycles. The number of nitrogens with one attached hydrogen (secondary N) is 1. The van der Waals surface area contributed by atoms with E-state index < -0.39 is 10.9 Å². The summed E-state index contributed by atoms with van der Waals surface area (Å²) in [6.45, 7) is 0.656. The zero-order valence-corrected chi connectivity index (χ0v) is 16.6. The molecule has 0 spiro atoms. The van der Waals surface area contributed by atoms with Gasteiger partial charge in [0.25, 0.3) is 0 Å². The van der Waals surface area contributed by atoms with E-state index in [1.807, 2.05) is 4.57 Å². The van der Waals surface area contributed by atoms with Crippen molar-refractivity contribution >= 4 is 41.7 Å². The van der Waals surface area contributed by atoms with Gasteiger partial charge in [0, 0.05) is 23.9 Å². The van der Waals surface area contributed by atoms with Crippen LogP contribution in [0.25, 0.3) is 11.3 Å². The van der Waals surface area contributed by atoms with Crippen LogP contribution in [0.15, 0.2) is 22.3 Å². The number of imidazole rings is 1. The summed E-state index contributed by atoms with van der Waals surface area (Å²) >= 11 is 1.54. The van der Waals surface area contributed by atoms with Gasteiger partial charge in [-0.2, -0.15) is 4.99 Å². The third-order valence-electron chi connectivity index (χ3n) is 3.91. The van der Waals surface area contributed by atoms with Crippen LogP contribution in [-0.2, 0) is 6.54 Å². The number of thioether (sulfide) groups is 1. The van der Waals surface area contributed by atoms with E-state index in [1.54, 1.807) is 11.8 Å².